The second-order valence-electron chi connectivity index (χ2n) is 9.36. The number of hydrogen-bond acceptors (Lipinski definition) is 4. The van der Waals surface area contributed by atoms with Crippen LogP contribution >= 0.6 is 0 Å². The van der Waals surface area contributed by atoms with Crippen LogP contribution in [0.3, 0.4) is 0 Å². The molecule has 1 aliphatic rings. The van der Waals surface area contributed by atoms with Crippen LogP contribution in [0.2, 0.25) is 0 Å². The van der Waals surface area contributed by atoms with Crippen LogP contribution in [0.4, 0.5) is 17.6 Å². The number of ether oxygens (including phenoxy) is 2. The zero-order valence-electron chi connectivity index (χ0n) is 20.6. The molecule has 0 saturated heterocycles. The minimum atomic E-state index is -4.40. The molecule has 37 heavy (non-hydrogen) atoms. The van der Waals surface area contributed by atoms with Crippen molar-refractivity contribution in [2.75, 3.05) is 19.7 Å². The molecule has 3 aromatic rings. The van der Waals surface area contributed by atoms with E-state index in [1.807, 2.05) is 25.1 Å². The van der Waals surface area contributed by atoms with E-state index in [1.54, 1.807) is 18.2 Å². The van der Waals surface area contributed by atoms with Gasteiger partial charge in [0.25, 0.3) is 0 Å². The molecule has 1 heterocycles. The molecule has 0 saturated carbocycles. The first-order chi connectivity index (χ1) is 17.7. The molecule has 0 amide bonds. The summed E-state index contributed by atoms with van der Waals surface area (Å²) in [6, 6.07) is 17.3. The monoisotopic (exact) mass is 515 g/mol. The zero-order chi connectivity index (χ0) is 26.4. The second-order valence-corrected chi connectivity index (χ2v) is 9.36. The van der Waals surface area contributed by atoms with Crippen LogP contribution in [0.1, 0.15) is 47.1 Å². The van der Waals surface area contributed by atoms with E-state index in [2.05, 4.69) is 4.90 Å². The summed E-state index contributed by atoms with van der Waals surface area (Å²) in [4.78, 5) is 13.6. The molecule has 1 atom stereocenters. The summed E-state index contributed by atoms with van der Waals surface area (Å²) in [5.41, 5.74) is 2.72. The van der Waals surface area contributed by atoms with Crippen LogP contribution in [0.25, 0.3) is 0 Å². The fourth-order valence-electron chi connectivity index (χ4n) is 4.46. The van der Waals surface area contributed by atoms with Gasteiger partial charge in [-0.2, -0.15) is 13.2 Å². The number of halogens is 4. The first-order valence-electron chi connectivity index (χ1n) is 12.2. The lowest BCUT2D eigenvalue weighted by molar-refractivity contribution is -0.145. The number of carbonyl (C=O) groups excluding carboxylic acids is 1. The Morgan fingerprint density at radius 2 is 1.81 bits per heavy atom. The standard InChI is InChI=1S/C29H29F4NO3/c1-20(22-6-9-26(30)10-7-22)17-34(18-21-4-2-5-25(14-21)29(31,32)33)12-3-13-36-27-11-8-23-19-37-28(35)16-24(23)15-27/h2,4-11,14-15,20H,3,12-13,16-19H2,1H3. The Kier molecular flexibility index (Phi) is 8.48. The maximum absolute atomic E-state index is 13.4. The Labute approximate surface area is 213 Å². The van der Waals surface area contributed by atoms with E-state index in [0.29, 0.717) is 44.0 Å². The largest absolute Gasteiger partial charge is 0.494 e. The lowest BCUT2D eigenvalue weighted by Gasteiger charge is -2.26. The van der Waals surface area contributed by atoms with Gasteiger partial charge >= 0.3 is 12.1 Å². The van der Waals surface area contributed by atoms with Gasteiger partial charge in [-0.1, -0.05) is 43.3 Å². The van der Waals surface area contributed by atoms with Crippen molar-refractivity contribution in [3.8, 4) is 5.75 Å². The number of hydrogen-bond donors (Lipinski definition) is 0. The van der Waals surface area contributed by atoms with Crippen molar-refractivity contribution in [2.24, 2.45) is 0 Å². The van der Waals surface area contributed by atoms with Gasteiger partial charge in [-0.25, -0.2) is 4.39 Å². The normalized spacial score (nSPS) is 14.3. The highest BCUT2D eigenvalue weighted by molar-refractivity contribution is 5.74. The Morgan fingerprint density at radius 3 is 2.57 bits per heavy atom. The molecule has 0 N–H and O–H groups in total. The molecule has 0 aromatic heterocycles. The number of carbonyl (C=O) groups is 1. The molecule has 0 aliphatic carbocycles. The van der Waals surface area contributed by atoms with Gasteiger partial charge in [0.15, 0.2) is 0 Å². The topological polar surface area (TPSA) is 38.8 Å². The lowest BCUT2D eigenvalue weighted by atomic mass is 10.00. The first-order valence-corrected chi connectivity index (χ1v) is 12.2. The molecular weight excluding hydrogens is 486 g/mol. The number of rotatable bonds is 10. The van der Waals surface area contributed by atoms with Crippen LogP contribution in [0.15, 0.2) is 66.7 Å². The van der Waals surface area contributed by atoms with E-state index in [-0.39, 0.29) is 30.7 Å². The molecule has 196 valence electrons. The van der Waals surface area contributed by atoms with Crippen molar-refractivity contribution >= 4 is 5.97 Å². The zero-order valence-corrected chi connectivity index (χ0v) is 20.6. The van der Waals surface area contributed by atoms with Gasteiger partial charge < -0.3 is 9.47 Å². The number of esters is 1. The summed E-state index contributed by atoms with van der Waals surface area (Å²) in [7, 11) is 0. The van der Waals surface area contributed by atoms with Gasteiger partial charge in [0.1, 0.15) is 18.2 Å². The smallest absolute Gasteiger partial charge is 0.416 e. The molecule has 4 nitrogen and oxygen atoms in total. The predicted octanol–water partition coefficient (Wildman–Crippen LogP) is 6.52. The fraction of sp³-hybridized carbons (Fsp3) is 0.345. The van der Waals surface area contributed by atoms with Gasteiger partial charge in [-0.3, -0.25) is 9.69 Å². The number of nitrogens with zero attached hydrogens (tertiary/aromatic N) is 1. The van der Waals surface area contributed by atoms with Gasteiger partial charge in [0.2, 0.25) is 0 Å². The Morgan fingerprint density at radius 1 is 1.03 bits per heavy atom. The van der Waals surface area contributed by atoms with E-state index < -0.39 is 11.7 Å². The average Bonchev–Trinajstić information content (AvgIpc) is 2.86. The Hall–Kier alpha value is -3.39. The molecule has 1 unspecified atom stereocenters. The minimum Gasteiger partial charge on any atom is -0.494 e. The maximum Gasteiger partial charge on any atom is 0.416 e. The molecule has 0 bridgehead atoms. The molecule has 1 aliphatic heterocycles. The summed E-state index contributed by atoms with van der Waals surface area (Å²) in [6.45, 7) is 4.22. The molecule has 4 rings (SSSR count). The molecule has 8 heteroatoms. The van der Waals surface area contributed by atoms with Gasteiger partial charge in [0.05, 0.1) is 18.6 Å². The van der Waals surface area contributed by atoms with E-state index >= 15 is 0 Å². The quantitative estimate of drug-likeness (QED) is 0.175. The highest BCUT2D eigenvalue weighted by atomic mass is 19.4. The summed E-state index contributed by atoms with van der Waals surface area (Å²) >= 11 is 0. The van der Waals surface area contributed by atoms with Crippen molar-refractivity contribution in [1.29, 1.82) is 0 Å². The summed E-state index contributed by atoms with van der Waals surface area (Å²) in [5, 5.41) is 0. The predicted molar refractivity (Wildman–Crippen MR) is 132 cm³/mol. The van der Waals surface area contributed by atoms with E-state index in [9.17, 15) is 22.4 Å². The second kappa shape index (κ2) is 11.8. The van der Waals surface area contributed by atoms with Crippen LogP contribution in [0.5, 0.6) is 5.75 Å². The number of alkyl halides is 3. The SMILES string of the molecule is CC(CN(CCCOc1ccc2c(c1)CC(=O)OC2)Cc1cccc(C(F)(F)F)c1)c1ccc(F)cc1. The Bertz CT molecular complexity index is 1210. The van der Waals surface area contributed by atoms with E-state index in [0.717, 1.165) is 22.8 Å². The van der Waals surface area contributed by atoms with Crippen molar-refractivity contribution in [1.82, 2.24) is 4.90 Å². The van der Waals surface area contributed by atoms with Crippen LogP contribution in [-0.2, 0) is 35.3 Å². The summed E-state index contributed by atoms with van der Waals surface area (Å²) in [6.07, 6.45) is -3.53. The summed E-state index contributed by atoms with van der Waals surface area (Å²) < 4.78 is 64.0. The van der Waals surface area contributed by atoms with Gasteiger partial charge in [0, 0.05) is 19.6 Å². The Balaban J connectivity index is 1.39. The van der Waals surface area contributed by atoms with E-state index in [4.69, 9.17) is 9.47 Å². The minimum absolute atomic E-state index is 0.0488. The number of benzene rings is 3. The van der Waals surface area contributed by atoms with Crippen LogP contribution < -0.4 is 4.74 Å². The van der Waals surface area contributed by atoms with Crippen LogP contribution in [-0.4, -0.2) is 30.6 Å². The van der Waals surface area contributed by atoms with Crippen molar-refractivity contribution < 1.29 is 31.8 Å². The van der Waals surface area contributed by atoms with Crippen LogP contribution in [0, 0.1) is 5.82 Å². The van der Waals surface area contributed by atoms with Crippen molar-refractivity contribution in [3.63, 3.8) is 0 Å². The average molecular weight is 516 g/mol. The van der Waals surface area contributed by atoms with Gasteiger partial charge in [-0.15, -0.1) is 0 Å². The lowest BCUT2D eigenvalue weighted by Crippen LogP contribution is -2.29. The fourth-order valence-corrected chi connectivity index (χ4v) is 4.46. The molecular formula is C29H29F4NO3. The molecule has 0 spiro atoms. The van der Waals surface area contributed by atoms with Crippen molar-refractivity contribution in [3.05, 3.63) is 100 Å². The van der Waals surface area contributed by atoms with Gasteiger partial charge in [-0.05, 0) is 64.9 Å². The highest BCUT2D eigenvalue weighted by Gasteiger charge is 2.30. The number of cyclic esters (lactones) is 1. The van der Waals surface area contributed by atoms with Crippen molar-refractivity contribution in [2.45, 2.75) is 45.0 Å². The first kappa shape index (κ1) is 26.7. The highest BCUT2D eigenvalue weighted by Crippen LogP contribution is 2.30. The summed E-state index contributed by atoms with van der Waals surface area (Å²) in [5.74, 6) is 0.142. The third-order valence-electron chi connectivity index (χ3n) is 6.42. The maximum atomic E-state index is 13.4. The third kappa shape index (κ3) is 7.55. The molecule has 0 radical (unpaired) electrons. The number of fused-ring (bicyclic) bond motifs is 1. The molecule has 3 aromatic carbocycles. The third-order valence-corrected chi connectivity index (χ3v) is 6.42. The van der Waals surface area contributed by atoms with E-state index in [1.165, 1.54) is 24.3 Å². The molecule has 0 fully saturated rings.